The van der Waals surface area contributed by atoms with Crippen LogP contribution in [0.25, 0.3) is 65.3 Å². The lowest BCUT2D eigenvalue weighted by Crippen LogP contribution is -1.98. The SMILES string of the molecule is O=c1c2c(-c3ccccc3)ccc3c4ccccc4c4ccc(-c5ccccc5)c1c4c23. The first kappa shape index (κ1) is 17.5. The van der Waals surface area contributed by atoms with E-state index < -0.39 is 0 Å². The zero-order valence-electron chi connectivity index (χ0n) is 17.3. The Morgan fingerprint density at radius 1 is 0.344 bits per heavy atom. The lowest BCUT2D eigenvalue weighted by Gasteiger charge is -2.12. The van der Waals surface area contributed by atoms with Crippen molar-refractivity contribution in [3.8, 4) is 22.3 Å². The van der Waals surface area contributed by atoms with Crippen LogP contribution in [0.4, 0.5) is 0 Å². The topological polar surface area (TPSA) is 17.1 Å². The minimum absolute atomic E-state index is 0.129. The second-order valence-electron chi connectivity index (χ2n) is 8.43. The Morgan fingerprint density at radius 3 is 1.19 bits per heavy atom. The molecule has 0 aliphatic heterocycles. The average molecular weight is 406 g/mol. The van der Waals surface area contributed by atoms with E-state index in [1.54, 1.807) is 0 Å². The number of hydrogen-bond donors (Lipinski definition) is 0. The molecule has 0 unspecified atom stereocenters. The molecular weight excluding hydrogens is 388 g/mol. The Bertz CT molecular complexity index is 1680. The lowest BCUT2D eigenvalue weighted by molar-refractivity contribution is 1.66. The summed E-state index contributed by atoms with van der Waals surface area (Å²) in [5.74, 6) is 0. The van der Waals surface area contributed by atoms with Gasteiger partial charge in [0.1, 0.15) is 0 Å². The molecule has 1 heteroatoms. The third-order valence-corrected chi connectivity index (χ3v) is 6.79. The van der Waals surface area contributed by atoms with Crippen LogP contribution >= 0.6 is 0 Å². The Hall–Kier alpha value is -4.23. The third kappa shape index (κ3) is 2.20. The first-order valence-corrected chi connectivity index (χ1v) is 10.9. The molecule has 0 bridgehead atoms. The molecule has 0 spiro atoms. The second-order valence-corrected chi connectivity index (χ2v) is 8.43. The van der Waals surface area contributed by atoms with Gasteiger partial charge in [-0.15, -0.1) is 0 Å². The van der Waals surface area contributed by atoms with Crippen molar-refractivity contribution >= 4 is 43.1 Å². The summed E-state index contributed by atoms with van der Waals surface area (Å²) < 4.78 is 0. The highest BCUT2D eigenvalue weighted by Crippen LogP contribution is 2.45. The van der Waals surface area contributed by atoms with Crippen molar-refractivity contribution in [2.24, 2.45) is 0 Å². The van der Waals surface area contributed by atoms with Gasteiger partial charge in [-0.1, -0.05) is 109 Å². The molecule has 0 saturated carbocycles. The van der Waals surface area contributed by atoms with Crippen molar-refractivity contribution in [2.75, 3.05) is 0 Å². The monoisotopic (exact) mass is 406 g/mol. The highest BCUT2D eigenvalue weighted by molar-refractivity contribution is 6.38. The van der Waals surface area contributed by atoms with E-state index in [9.17, 15) is 4.79 Å². The quantitative estimate of drug-likeness (QED) is 0.267. The fraction of sp³-hybridized carbons (Fsp3) is 0. The highest BCUT2D eigenvalue weighted by atomic mass is 16.1. The molecule has 0 saturated heterocycles. The molecule has 7 aromatic carbocycles. The molecule has 0 amide bonds. The Kier molecular flexibility index (Phi) is 3.48. The minimum Gasteiger partial charge on any atom is -0.289 e. The zero-order chi connectivity index (χ0) is 21.2. The van der Waals surface area contributed by atoms with Gasteiger partial charge in [0.05, 0.1) is 0 Å². The number of benzene rings is 6. The normalized spacial score (nSPS) is 11.9. The van der Waals surface area contributed by atoms with E-state index in [0.29, 0.717) is 0 Å². The summed E-state index contributed by atoms with van der Waals surface area (Å²) in [5.41, 5.74) is 4.30. The molecule has 7 aromatic rings. The number of rotatable bonds is 2. The van der Waals surface area contributed by atoms with Crippen LogP contribution in [0.1, 0.15) is 0 Å². The maximum absolute atomic E-state index is 14.2. The molecule has 0 aliphatic rings. The molecule has 0 atom stereocenters. The fourth-order valence-corrected chi connectivity index (χ4v) is 5.44. The Morgan fingerprint density at radius 2 is 0.750 bits per heavy atom. The molecule has 0 aliphatic carbocycles. The van der Waals surface area contributed by atoms with Crippen LogP contribution in [0.15, 0.2) is 114 Å². The van der Waals surface area contributed by atoms with E-state index in [4.69, 9.17) is 0 Å². The van der Waals surface area contributed by atoms with Crippen molar-refractivity contribution in [3.63, 3.8) is 0 Å². The standard InChI is InChI=1S/C31H18O/c32-31-29-21(19-9-3-1-4-10-19)15-17-25-23-13-7-8-14-24(23)26-18-16-22(20-11-5-2-6-12-20)30(31)28(26)27(25)29/h1-18H. The Balaban J connectivity index is 1.79. The van der Waals surface area contributed by atoms with Crippen molar-refractivity contribution in [2.45, 2.75) is 0 Å². The number of fused-ring (bicyclic) bond motifs is 3. The summed E-state index contributed by atoms with van der Waals surface area (Å²) in [7, 11) is 0. The van der Waals surface area contributed by atoms with E-state index in [1.165, 1.54) is 10.8 Å². The molecule has 1 nitrogen and oxygen atoms in total. The van der Waals surface area contributed by atoms with Crippen molar-refractivity contribution in [3.05, 3.63) is 119 Å². The van der Waals surface area contributed by atoms with Crippen LogP contribution in [0.3, 0.4) is 0 Å². The maximum atomic E-state index is 14.2. The predicted molar refractivity (Wildman–Crippen MR) is 136 cm³/mol. The summed E-state index contributed by atoms with van der Waals surface area (Å²) in [5, 5.41) is 8.56. The largest absolute Gasteiger partial charge is 0.289 e. The van der Waals surface area contributed by atoms with E-state index in [1.807, 2.05) is 36.4 Å². The van der Waals surface area contributed by atoms with Crippen LogP contribution in [0.5, 0.6) is 0 Å². The Labute approximate surface area is 184 Å². The van der Waals surface area contributed by atoms with Crippen molar-refractivity contribution in [1.29, 1.82) is 0 Å². The summed E-state index contributed by atoms with van der Waals surface area (Å²) in [6.45, 7) is 0. The summed E-state index contributed by atoms with van der Waals surface area (Å²) in [6, 6.07) is 37.6. The summed E-state index contributed by atoms with van der Waals surface area (Å²) >= 11 is 0. The highest BCUT2D eigenvalue weighted by Gasteiger charge is 2.23. The van der Waals surface area contributed by atoms with Crippen LogP contribution in [-0.4, -0.2) is 0 Å². The lowest BCUT2D eigenvalue weighted by atomic mass is 9.90. The fourth-order valence-electron chi connectivity index (χ4n) is 5.44. The van der Waals surface area contributed by atoms with Gasteiger partial charge in [0.25, 0.3) is 0 Å². The van der Waals surface area contributed by atoms with Crippen LogP contribution in [0, 0.1) is 0 Å². The van der Waals surface area contributed by atoms with E-state index in [2.05, 4.69) is 72.8 Å². The molecule has 0 radical (unpaired) electrons. The smallest absolute Gasteiger partial charge is 0.195 e. The molecule has 7 rings (SSSR count). The van der Waals surface area contributed by atoms with Gasteiger partial charge in [-0.05, 0) is 43.8 Å². The predicted octanol–water partition coefficient (Wildman–Crippen LogP) is 7.87. The van der Waals surface area contributed by atoms with Gasteiger partial charge in [-0.25, -0.2) is 0 Å². The minimum atomic E-state index is 0.129. The summed E-state index contributed by atoms with van der Waals surface area (Å²) in [4.78, 5) is 14.2. The van der Waals surface area contributed by atoms with Gasteiger partial charge < -0.3 is 0 Å². The van der Waals surface area contributed by atoms with Gasteiger partial charge in [0.15, 0.2) is 5.43 Å². The number of hydrogen-bond acceptors (Lipinski definition) is 1. The third-order valence-electron chi connectivity index (χ3n) is 6.79. The first-order chi connectivity index (χ1) is 15.8. The average Bonchev–Trinajstić information content (AvgIpc) is 3.18. The molecular formula is C31H18O. The van der Waals surface area contributed by atoms with Crippen molar-refractivity contribution in [1.82, 2.24) is 0 Å². The molecule has 32 heavy (non-hydrogen) atoms. The van der Waals surface area contributed by atoms with Crippen molar-refractivity contribution < 1.29 is 0 Å². The zero-order valence-corrected chi connectivity index (χ0v) is 17.3. The first-order valence-electron chi connectivity index (χ1n) is 10.9. The molecule has 0 heterocycles. The van der Waals surface area contributed by atoms with Gasteiger partial charge in [-0.3, -0.25) is 4.79 Å². The van der Waals surface area contributed by atoms with Crippen LogP contribution < -0.4 is 5.43 Å². The molecule has 0 N–H and O–H groups in total. The van der Waals surface area contributed by atoms with Crippen LogP contribution in [0.2, 0.25) is 0 Å². The second kappa shape index (κ2) is 6.38. The van der Waals surface area contributed by atoms with Gasteiger partial charge in [0, 0.05) is 21.5 Å². The maximum Gasteiger partial charge on any atom is 0.195 e. The van der Waals surface area contributed by atoms with E-state index >= 15 is 0 Å². The van der Waals surface area contributed by atoms with E-state index in [0.717, 1.165) is 54.6 Å². The van der Waals surface area contributed by atoms with Gasteiger partial charge in [-0.2, -0.15) is 0 Å². The van der Waals surface area contributed by atoms with E-state index in [-0.39, 0.29) is 5.43 Å². The molecule has 0 fully saturated rings. The van der Waals surface area contributed by atoms with Crippen LogP contribution in [-0.2, 0) is 0 Å². The van der Waals surface area contributed by atoms with Gasteiger partial charge in [0.2, 0.25) is 0 Å². The molecule has 0 aromatic heterocycles. The summed E-state index contributed by atoms with van der Waals surface area (Å²) in [6.07, 6.45) is 0. The van der Waals surface area contributed by atoms with Gasteiger partial charge >= 0.3 is 0 Å². The molecule has 148 valence electrons.